The number of para-hydroxylation sites is 1. The predicted molar refractivity (Wildman–Crippen MR) is 73.6 cm³/mol. The molecule has 3 heteroatoms. The number of rotatable bonds is 8. The van der Waals surface area contributed by atoms with Gasteiger partial charge in [-0.2, -0.15) is 0 Å². The van der Waals surface area contributed by atoms with Crippen molar-refractivity contribution >= 4 is 0 Å². The molecule has 0 spiro atoms. The summed E-state index contributed by atoms with van der Waals surface area (Å²) < 4.78 is 5.83. The molecule has 18 heavy (non-hydrogen) atoms. The zero-order valence-corrected chi connectivity index (χ0v) is 12.1. The van der Waals surface area contributed by atoms with Gasteiger partial charge >= 0.3 is 0 Å². The van der Waals surface area contributed by atoms with E-state index in [1.807, 2.05) is 24.3 Å². The highest BCUT2D eigenvalue weighted by Crippen LogP contribution is 2.18. The van der Waals surface area contributed by atoms with Crippen molar-refractivity contribution in [3.8, 4) is 5.75 Å². The highest BCUT2D eigenvalue weighted by atomic mass is 35.5. The quantitative estimate of drug-likeness (QED) is 0.622. The van der Waals surface area contributed by atoms with Crippen molar-refractivity contribution in [2.24, 2.45) is 0 Å². The van der Waals surface area contributed by atoms with Crippen molar-refractivity contribution in [3.05, 3.63) is 42.5 Å². The van der Waals surface area contributed by atoms with Gasteiger partial charge < -0.3 is 22.0 Å². The van der Waals surface area contributed by atoms with E-state index >= 15 is 0 Å². The lowest BCUT2D eigenvalue weighted by Gasteiger charge is -2.18. The molecule has 0 aliphatic carbocycles. The molecule has 0 aromatic heterocycles. The Kier molecular flexibility index (Phi) is 9.43. The molecule has 0 heterocycles. The maximum absolute atomic E-state index is 5.83. The molecule has 1 aromatic rings. The Balaban J connectivity index is 0.00000289. The van der Waals surface area contributed by atoms with E-state index in [0.717, 1.165) is 38.4 Å². The Hall–Kier alpha value is -0.990. The van der Waals surface area contributed by atoms with E-state index in [1.54, 1.807) is 0 Å². The Bertz CT molecular complexity index is 337. The van der Waals surface area contributed by atoms with Gasteiger partial charge in [-0.1, -0.05) is 38.1 Å². The highest BCUT2D eigenvalue weighted by Gasteiger charge is 2.02. The lowest BCUT2D eigenvalue weighted by atomic mass is 10.1. The average Bonchev–Trinajstić information content (AvgIpc) is 2.37. The minimum Gasteiger partial charge on any atom is -1.00 e. The SMILES string of the molecule is C=CCc1ccccc1OCCN(CC)CC.[Cl-]. The van der Waals surface area contributed by atoms with Crippen LogP contribution in [-0.2, 0) is 6.42 Å². The summed E-state index contributed by atoms with van der Waals surface area (Å²) in [6.07, 6.45) is 2.77. The Morgan fingerprint density at radius 2 is 1.89 bits per heavy atom. The van der Waals surface area contributed by atoms with E-state index in [9.17, 15) is 0 Å². The standard InChI is InChI=1S/C15H23NO.ClH/c1-4-9-14-10-7-8-11-15(14)17-13-12-16(5-2)6-3;/h4,7-8,10-11H,1,5-6,9,12-13H2,2-3H3;1H/p-1. The fourth-order valence-corrected chi connectivity index (χ4v) is 1.79. The minimum absolute atomic E-state index is 0. The molecule has 2 nitrogen and oxygen atoms in total. The first-order valence-electron chi connectivity index (χ1n) is 6.35. The van der Waals surface area contributed by atoms with Gasteiger partial charge in [-0.3, -0.25) is 0 Å². The van der Waals surface area contributed by atoms with Crippen LogP contribution in [0, 0.1) is 0 Å². The largest absolute Gasteiger partial charge is 1.00 e. The van der Waals surface area contributed by atoms with Crippen molar-refractivity contribution in [1.29, 1.82) is 0 Å². The van der Waals surface area contributed by atoms with Gasteiger partial charge in [-0.25, -0.2) is 0 Å². The van der Waals surface area contributed by atoms with E-state index < -0.39 is 0 Å². The van der Waals surface area contributed by atoms with Gasteiger partial charge in [0.1, 0.15) is 12.4 Å². The van der Waals surface area contributed by atoms with Crippen molar-refractivity contribution in [1.82, 2.24) is 4.90 Å². The molecule has 0 unspecified atom stereocenters. The van der Waals surface area contributed by atoms with Crippen molar-refractivity contribution in [2.45, 2.75) is 20.3 Å². The summed E-state index contributed by atoms with van der Waals surface area (Å²) in [5.74, 6) is 0.986. The molecule has 102 valence electrons. The third-order valence-corrected chi connectivity index (χ3v) is 2.90. The number of nitrogens with zero attached hydrogens (tertiary/aromatic N) is 1. The molecule has 0 amide bonds. The number of halogens is 1. The highest BCUT2D eigenvalue weighted by molar-refractivity contribution is 5.34. The molecule has 0 saturated carbocycles. The van der Waals surface area contributed by atoms with Crippen LogP contribution in [0.15, 0.2) is 36.9 Å². The topological polar surface area (TPSA) is 12.5 Å². The van der Waals surface area contributed by atoms with E-state index in [1.165, 1.54) is 5.56 Å². The van der Waals surface area contributed by atoms with Crippen LogP contribution >= 0.6 is 0 Å². The van der Waals surface area contributed by atoms with Gasteiger partial charge in [-0.05, 0) is 31.1 Å². The van der Waals surface area contributed by atoms with E-state index in [4.69, 9.17) is 4.74 Å². The molecule has 0 radical (unpaired) electrons. The van der Waals surface area contributed by atoms with Gasteiger partial charge in [0.25, 0.3) is 0 Å². The zero-order chi connectivity index (χ0) is 12.5. The molecule has 0 atom stereocenters. The number of allylic oxidation sites excluding steroid dienone is 1. The monoisotopic (exact) mass is 268 g/mol. The fraction of sp³-hybridized carbons (Fsp3) is 0.467. The lowest BCUT2D eigenvalue weighted by molar-refractivity contribution is -0.00000407. The number of ether oxygens (including phenoxy) is 1. The molecule has 0 aliphatic rings. The molecule has 0 aliphatic heterocycles. The number of hydrogen-bond donors (Lipinski definition) is 0. The van der Waals surface area contributed by atoms with Gasteiger partial charge in [0, 0.05) is 6.54 Å². The van der Waals surface area contributed by atoms with E-state index in [0.29, 0.717) is 0 Å². The first kappa shape index (κ1) is 17.0. The van der Waals surface area contributed by atoms with Crippen molar-refractivity contribution < 1.29 is 17.1 Å². The maximum Gasteiger partial charge on any atom is 0.122 e. The van der Waals surface area contributed by atoms with Crippen molar-refractivity contribution in [2.75, 3.05) is 26.2 Å². The zero-order valence-electron chi connectivity index (χ0n) is 11.4. The first-order chi connectivity index (χ1) is 8.31. The van der Waals surface area contributed by atoms with Crippen LogP contribution in [0.5, 0.6) is 5.75 Å². The predicted octanol–water partition coefficient (Wildman–Crippen LogP) is 0.140. The summed E-state index contributed by atoms with van der Waals surface area (Å²) in [6.45, 7) is 12.0. The van der Waals surface area contributed by atoms with Crippen LogP contribution < -0.4 is 17.1 Å². The summed E-state index contributed by atoms with van der Waals surface area (Å²) in [4.78, 5) is 2.36. The van der Waals surface area contributed by atoms with Gasteiger partial charge in [-0.15, -0.1) is 6.58 Å². The number of hydrogen-bond acceptors (Lipinski definition) is 2. The first-order valence-corrected chi connectivity index (χ1v) is 6.35. The van der Waals surface area contributed by atoms with Crippen LogP contribution in [0.4, 0.5) is 0 Å². The third kappa shape index (κ3) is 5.56. The molecule has 0 N–H and O–H groups in total. The molecular formula is C15H23ClNO-. The summed E-state index contributed by atoms with van der Waals surface area (Å²) >= 11 is 0. The molecular weight excluding hydrogens is 246 g/mol. The van der Waals surface area contributed by atoms with Crippen LogP contribution in [0.1, 0.15) is 19.4 Å². The normalized spacial score (nSPS) is 9.94. The van der Waals surface area contributed by atoms with E-state index in [-0.39, 0.29) is 12.4 Å². The van der Waals surface area contributed by atoms with Gasteiger partial charge in [0.2, 0.25) is 0 Å². The summed E-state index contributed by atoms with van der Waals surface area (Å²) in [5.41, 5.74) is 1.21. The fourth-order valence-electron chi connectivity index (χ4n) is 1.79. The number of likely N-dealkylation sites (N-methyl/N-ethyl adjacent to an activating group) is 1. The maximum atomic E-state index is 5.83. The van der Waals surface area contributed by atoms with Gasteiger partial charge in [0.15, 0.2) is 0 Å². The summed E-state index contributed by atoms with van der Waals surface area (Å²) in [6, 6.07) is 8.17. The Labute approximate surface area is 117 Å². The van der Waals surface area contributed by atoms with Crippen LogP contribution in [-0.4, -0.2) is 31.1 Å². The summed E-state index contributed by atoms with van der Waals surface area (Å²) in [7, 11) is 0. The van der Waals surface area contributed by atoms with Gasteiger partial charge in [0.05, 0.1) is 0 Å². The molecule has 1 aromatic carbocycles. The minimum atomic E-state index is 0. The van der Waals surface area contributed by atoms with Crippen LogP contribution in [0.3, 0.4) is 0 Å². The molecule has 0 bridgehead atoms. The van der Waals surface area contributed by atoms with E-state index in [2.05, 4.69) is 31.4 Å². The second-order valence-electron chi connectivity index (χ2n) is 3.98. The van der Waals surface area contributed by atoms with Crippen molar-refractivity contribution in [3.63, 3.8) is 0 Å². The Morgan fingerprint density at radius 1 is 1.22 bits per heavy atom. The molecule has 0 fully saturated rings. The van der Waals surface area contributed by atoms with Crippen LogP contribution in [0.25, 0.3) is 0 Å². The smallest absolute Gasteiger partial charge is 0.122 e. The lowest BCUT2D eigenvalue weighted by Crippen LogP contribution is -3.00. The average molecular weight is 269 g/mol. The second-order valence-corrected chi connectivity index (χ2v) is 3.98. The second kappa shape index (κ2) is 9.98. The number of benzene rings is 1. The molecule has 0 saturated heterocycles. The molecule has 1 rings (SSSR count). The van der Waals surface area contributed by atoms with Crippen LogP contribution in [0.2, 0.25) is 0 Å². The third-order valence-electron chi connectivity index (χ3n) is 2.90. The summed E-state index contributed by atoms with van der Waals surface area (Å²) in [5, 5.41) is 0. The Morgan fingerprint density at radius 3 is 2.50 bits per heavy atom.